The SMILES string of the molecule is Cc1ccoc1C(=O)N1CCCC(c2nc(C)c(C)s2)C1. The molecule has 2 aromatic heterocycles. The fourth-order valence-corrected chi connectivity index (χ4v) is 3.82. The van der Waals surface area contributed by atoms with E-state index in [9.17, 15) is 4.79 Å². The van der Waals surface area contributed by atoms with Crippen molar-refractivity contribution in [1.82, 2.24) is 9.88 Å². The summed E-state index contributed by atoms with van der Waals surface area (Å²) in [6, 6.07) is 1.84. The highest BCUT2D eigenvalue weighted by Crippen LogP contribution is 2.32. The van der Waals surface area contributed by atoms with Gasteiger partial charge in [0.2, 0.25) is 0 Å². The van der Waals surface area contributed by atoms with Gasteiger partial charge >= 0.3 is 0 Å². The molecule has 3 rings (SSSR count). The van der Waals surface area contributed by atoms with Gasteiger partial charge < -0.3 is 9.32 Å². The molecule has 0 N–H and O–H groups in total. The average Bonchev–Trinajstić information content (AvgIpc) is 3.05. The lowest BCUT2D eigenvalue weighted by atomic mass is 9.98. The molecule has 1 atom stereocenters. The zero-order valence-corrected chi connectivity index (χ0v) is 13.5. The first kappa shape index (κ1) is 14.3. The number of nitrogens with zero attached hydrogens (tertiary/aromatic N) is 2. The van der Waals surface area contributed by atoms with Crippen molar-refractivity contribution in [3.8, 4) is 0 Å². The van der Waals surface area contributed by atoms with Crippen LogP contribution in [0.15, 0.2) is 16.7 Å². The standard InChI is InChI=1S/C16H20N2O2S/c1-10-6-8-20-14(10)16(19)18-7-4-5-13(9-18)15-17-11(2)12(3)21-15/h6,8,13H,4-5,7,9H2,1-3H3. The van der Waals surface area contributed by atoms with Gasteiger partial charge in [-0.05, 0) is 39.7 Å². The van der Waals surface area contributed by atoms with E-state index >= 15 is 0 Å². The normalized spacial score (nSPS) is 19.0. The molecule has 3 heterocycles. The van der Waals surface area contributed by atoms with Crippen molar-refractivity contribution < 1.29 is 9.21 Å². The van der Waals surface area contributed by atoms with E-state index in [1.54, 1.807) is 17.6 Å². The van der Waals surface area contributed by atoms with Crippen LogP contribution in [-0.4, -0.2) is 28.9 Å². The number of carbonyl (C=O) groups is 1. The van der Waals surface area contributed by atoms with Crippen LogP contribution in [0.4, 0.5) is 0 Å². The summed E-state index contributed by atoms with van der Waals surface area (Å²) in [6.07, 6.45) is 3.71. The zero-order valence-electron chi connectivity index (χ0n) is 12.7. The summed E-state index contributed by atoms with van der Waals surface area (Å²) in [6.45, 7) is 7.61. The van der Waals surface area contributed by atoms with E-state index in [2.05, 4.69) is 11.9 Å². The smallest absolute Gasteiger partial charge is 0.289 e. The number of piperidine rings is 1. The van der Waals surface area contributed by atoms with Crippen molar-refractivity contribution in [3.05, 3.63) is 39.2 Å². The third-order valence-corrected chi connectivity index (χ3v) is 5.39. The van der Waals surface area contributed by atoms with E-state index in [1.165, 1.54) is 9.88 Å². The summed E-state index contributed by atoms with van der Waals surface area (Å²) < 4.78 is 5.34. The fraction of sp³-hybridized carbons (Fsp3) is 0.500. The number of rotatable bonds is 2. The highest BCUT2D eigenvalue weighted by molar-refractivity contribution is 7.11. The van der Waals surface area contributed by atoms with Gasteiger partial charge in [0.25, 0.3) is 5.91 Å². The van der Waals surface area contributed by atoms with Crippen molar-refractivity contribution >= 4 is 17.2 Å². The van der Waals surface area contributed by atoms with Gasteiger partial charge in [-0.15, -0.1) is 11.3 Å². The lowest BCUT2D eigenvalue weighted by Crippen LogP contribution is -2.39. The molecule has 0 spiro atoms. The number of aromatic nitrogens is 1. The van der Waals surface area contributed by atoms with Gasteiger partial charge in [-0.25, -0.2) is 4.98 Å². The molecule has 0 aromatic carbocycles. The van der Waals surface area contributed by atoms with Crippen LogP contribution in [0.25, 0.3) is 0 Å². The Balaban J connectivity index is 1.77. The highest BCUT2D eigenvalue weighted by Gasteiger charge is 2.29. The first-order chi connectivity index (χ1) is 10.1. The van der Waals surface area contributed by atoms with Gasteiger partial charge in [-0.2, -0.15) is 0 Å². The summed E-state index contributed by atoms with van der Waals surface area (Å²) >= 11 is 1.76. The van der Waals surface area contributed by atoms with E-state index in [0.29, 0.717) is 11.7 Å². The van der Waals surface area contributed by atoms with Crippen LogP contribution in [-0.2, 0) is 0 Å². The van der Waals surface area contributed by atoms with E-state index in [1.807, 2.05) is 24.8 Å². The van der Waals surface area contributed by atoms with Gasteiger partial charge in [0.1, 0.15) is 0 Å². The molecule has 1 amide bonds. The lowest BCUT2D eigenvalue weighted by molar-refractivity contribution is 0.0674. The van der Waals surface area contributed by atoms with Crippen molar-refractivity contribution in [2.75, 3.05) is 13.1 Å². The van der Waals surface area contributed by atoms with Gasteiger partial charge in [-0.1, -0.05) is 0 Å². The number of likely N-dealkylation sites (tertiary alicyclic amines) is 1. The monoisotopic (exact) mass is 304 g/mol. The number of carbonyl (C=O) groups excluding carboxylic acids is 1. The van der Waals surface area contributed by atoms with E-state index < -0.39 is 0 Å². The molecule has 112 valence electrons. The molecule has 1 unspecified atom stereocenters. The molecule has 1 aliphatic rings. The topological polar surface area (TPSA) is 46.3 Å². The molecule has 1 saturated heterocycles. The molecule has 4 nitrogen and oxygen atoms in total. The summed E-state index contributed by atoms with van der Waals surface area (Å²) in [4.78, 5) is 20.4. The third-order valence-electron chi connectivity index (χ3n) is 4.16. The number of amides is 1. The summed E-state index contributed by atoms with van der Waals surface area (Å²) in [5.41, 5.74) is 2.02. The Kier molecular flexibility index (Phi) is 3.85. The number of hydrogen-bond donors (Lipinski definition) is 0. The van der Waals surface area contributed by atoms with Crippen molar-refractivity contribution in [2.24, 2.45) is 0 Å². The summed E-state index contributed by atoms with van der Waals surface area (Å²) in [7, 11) is 0. The minimum Gasteiger partial charge on any atom is -0.459 e. The molecule has 0 aliphatic carbocycles. The van der Waals surface area contributed by atoms with Crippen LogP contribution in [0.5, 0.6) is 0 Å². The highest BCUT2D eigenvalue weighted by atomic mass is 32.1. The van der Waals surface area contributed by atoms with Gasteiger partial charge in [0, 0.05) is 29.4 Å². The number of thiazole rings is 1. The Labute approximate surface area is 128 Å². The van der Waals surface area contributed by atoms with Crippen LogP contribution >= 0.6 is 11.3 Å². The molecule has 5 heteroatoms. The number of furan rings is 1. The van der Waals surface area contributed by atoms with E-state index in [4.69, 9.17) is 4.42 Å². The third kappa shape index (κ3) is 2.75. The lowest BCUT2D eigenvalue weighted by Gasteiger charge is -2.31. The first-order valence-electron chi connectivity index (χ1n) is 7.33. The van der Waals surface area contributed by atoms with Crippen LogP contribution < -0.4 is 0 Å². The maximum Gasteiger partial charge on any atom is 0.289 e. The quantitative estimate of drug-likeness (QED) is 0.850. The zero-order chi connectivity index (χ0) is 15.0. The molecular weight excluding hydrogens is 284 g/mol. The molecular formula is C16H20N2O2S. The average molecular weight is 304 g/mol. The van der Waals surface area contributed by atoms with Gasteiger partial charge in [-0.3, -0.25) is 4.79 Å². The fourth-order valence-electron chi connectivity index (χ4n) is 2.77. The molecule has 0 saturated carbocycles. The van der Waals surface area contributed by atoms with Gasteiger partial charge in [0.15, 0.2) is 5.76 Å². The second-order valence-electron chi connectivity index (χ2n) is 5.72. The molecule has 1 aliphatic heterocycles. The molecule has 21 heavy (non-hydrogen) atoms. The Morgan fingerprint density at radius 3 is 2.86 bits per heavy atom. The molecule has 1 fully saturated rings. The van der Waals surface area contributed by atoms with Crippen LogP contribution in [0.3, 0.4) is 0 Å². The second kappa shape index (κ2) is 5.64. The summed E-state index contributed by atoms with van der Waals surface area (Å²) in [5.74, 6) is 0.838. The van der Waals surface area contributed by atoms with Crippen molar-refractivity contribution in [3.63, 3.8) is 0 Å². The predicted molar refractivity (Wildman–Crippen MR) is 82.9 cm³/mol. The molecule has 0 radical (unpaired) electrons. The Morgan fingerprint density at radius 1 is 1.43 bits per heavy atom. The summed E-state index contributed by atoms with van der Waals surface area (Å²) in [5, 5.41) is 1.17. The second-order valence-corrected chi connectivity index (χ2v) is 6.95. The van der Waals surface area contributed by atoms with Crippen LogP contribution in [0.2, 0.25) is 0 Å². The Bertz CT molecular complexity index is 640. The minimum absolute atomic E-state index is 0.00667. The minimum atomic E-state index is 0.00667. The van der Waals surface area contributed by atoms with Crippen LogP contribution in [0.1, 0.15) is 50.5 Å². The number of hydrogen-bond acceptors (Lipinski definition) is 4. The number of aryl methyl sites for hydroxylation is 3. The first-order valence-corrected chi connectivity index (χ1v) is 8.15. The van der Waals surface area contributed by atoms with Gasteiger partial charge in [0.05, 0.1) is 17.0 Å². The predicted octanol–water partition coefficient (Wildman–Crippen LogP) is 3.68. The molecule has 2 aromatic rings. The largest absolute Gasteiger partial charge is 0.459 e. The Hall–Kier alpha value is -1.62. The Morgan fingerprint density at radius 2 is 2.24 bits per heavy atom. The van der Waals surface area contributed by atoms with Crippen LogP contribution in [0, 0.1) is 20.8 Å². The maximum atomic E-state index is 12.5. The van der Waals surface area contributed by atoms with Crippen molar-refractivity contribution in [2.45, 2.75) is 39.5 Å². The maximum absolute atomic E-state index is 12.5. The van der Waals surface area contributed by atoms with E-state index in [-0.39, 0.29) is 5.91 Å². The van der Waals surface area contributed by atoms with E-state index in [0.717, 1.165) is 37.2 Å². The van der Waals surface area contributed by atoms with Crippen molar-refractivity contribution in [1.29, 1.82) is 0 Å². The molecule has 0 bridgehead atoms.